The Kier molecular flexibility index (Phi) is 5.99. The van der Waals surface area contributed by atoms with Gasteiger partial charge in [-0.05, 0) is 45.1 Å². The van der Waals surface area contributed by atoms with E-state index in [2.05, 4.69) is 20.6 Å². The smallest absolute Gasteiger partial charge is 0.408 e. The molecule has 168 valence electrons. The van der Waals surface area contributed by atoms with E-state index in [9.17, 15) is 14.7 Å². The van der Waals surface area contributed by atoms with Gasteiger partial charge in [-0.1, -0.05) is 0 Å². The van der Waals surface area contributed by atoms with Crippen molar-refractivity contribution in [1.82, 2.24) is 24.9 Å². The van der Waals surface area contributed by atoms with Crippen LogP contribution in [0.4, 0.5) is 10.6 Å². The number of hydrogen-bond donors (Lipinski definition) is 3. The van der Waals surface area contributed by atoms with E-state index in [0.29, 0.717) is 24.7 Å². The maximum Gasteiger partial charge on any atom is 0.408 e. The minimum absolute atomic E-state index is 0.0314. The maximum absolute atomic E-state index is 12.3. The zero-order valence-electron chi connectivity index (χ0n) is 18.0. The monoisotopic (exact) mass is 430 g/mol. The summed E-state index contributed by atoms with van der Waals surface area (Å²) in [6, 6.07) is 3.63. The average Bonchev–Trinajstić information content (AvgIpc) is 3.44. The van der Waals surface area contributed by atoms with Crippen LogP contribution in [-0.2, 0) is 23.0 Å². The first-order chi connectivity index (χ1) is 14.8. The van der Waals surface area contributed by atoms with Gasteiger partial charge in [0.25, 0.3) is 0 Å². The molecule has 2 unspecified atom stereocenters. The first kappa shape index (κ1) is 21.4. The van der Waals surface area contributed by atoms with Crippen molar-refractivity contribution in [3.63, 3.8) is 0 Å². The second-order valence-corrected chi connectivity index (χ2v) is 8.84. The number of hydrogen-bond acceptors (Lipinski definition) is 5. The molecule has 2 aliphatic rings. The third-order valence-electron chi connectivity index (χ3n) is 6.54. The van der Waals surface area contributed by atoms with Crippen LogP contribution in [0.5, 0.6) is 0 Å². The molecule has 2 amide bonds. The summed E-state index contributed by atoms with van der Waals surface area (Å²) in [7, 11) is 1.81. The molecule has 2 atom stereocenters. The van der Waals surface area contributed by atoms with E-state index >= 15 is 0 Å². The lowest BCUT2D eigenvalue weighted by Gasteiger charge is -2.45. The van der Waals surface area contributed by atoms with Crippen LogP contribution in [0, 0.1) is 0 Å². The van der Waals surface area contributed by atoms with Crippen molar-refractivity contribution >= 4 is 17.8 Å². The Labute approximate surface area is 180 Å². The molecule has 0 spiro atoms. The van der Waals surface area contributed by atoms with Crippen LogP contribution in [0.25, 0.3) is 0 Å². The topological polar surface area (TPSA) is 125 Å². The van der Waals surface area contributed by atoms with Crippen LogP contribution in [0.15, 0.2) is 18.3 Å². The summed E-state index contributed by atoms with van der Waals surface area (Å²) < 4.78 is 7.11. The van der Waals surface area contributed by atoms with Gasteiger partial charge in [-0.2, -0.15) is 10.2 Å². The quantitative estimate of drug-likeness (QED) is 0.647. The van der Waals surface area contributed by atoms with Gasteiger partial charge in [0, 0.05) is 55.7 Å². The van der Waals surface area contributed by atoms with Crippen LogP contribution in [0.3, 0.4) is 0 Å². The minimum atomic E-state index is -0.859. The summed E-state index contributed by atoms with van der Waals surface area (Å²) in [5.41, 5.74) is 1.24. The van der Waals surface area contributed by atoms with E-state index in [-0.39, 0.29) is 29.8 Å². The van der Waals surface area contributed by atoms with Crippen molar-refractivity contribution < 1.29 is 19.4 Å². The molecule has 2 aromatic heterocycles. The molecule has 3 N–H and O–H groups in total. The molecule has 10 nitrogen and oxygen atoms in total. The van der Waals surface area contributed by atoms with Crippen LogP contribution in [-0.4, -0.2) is 66.8 Å². The zero-order chi connectivity index (χ0) is 22.0. The molecular formula is C21H30N6O4. The molecule has 0 bridgehead atoms. The highest BCUT2D eigenvalue weighted by Gasteiger charge is 2.44. The highest BCUT2D eigenvalue weighted by atomic mass is 16.5. The van der Waals surface area contributed by atoms with E-state index in [4.69, 9.17) is 4.74 Å². The normalized spacial score (nSPS) is 22.9. The lowest BCUT2D eigenvalue weighted by atomic mass is 9.88. The summed E-state index contributed by atoms with van der Waals surface area (Å²) >= 11 is 0. The lowest BCUT2D eigenvalue weighted by molar-refractivity contribution is -0.115. The number of amides is 2. The number of carbonyl (C=O) groups is 2. The van der Waals surface area contributed by atoms with Gasteiger partial charge in [0.2, 0.25) is 5.91 Å². The number of aromatic nitrogens is 4. The van der Waals surface area contributed by atoms with Gasteiger partial charge >= 0.3 is 6.09 Å². The highest BCUT2D eigenvalue weighted by molar-refractivity contribution is 5.91. The molecule has 2 aromatic rings. The molecule has 0 aromatic carbocycles. The first-order valence-electron chi connectivity index (χ1n) is 10.8. The van der Waals surface area contributed by atoms with E-state index in [1.54, 1.807) is 21.8 Å². The fourth-order valence-corrected chi connectivity index (χ4v) is 4.87. The Balaban J connectivity index is 1.37. The van der Waals surface area contributed by atoms with E-state index in [0.717, 1.165) is 37.8 Å². The number of carboxylic acid groups (broad SMARTS) is 1. The summed E-state index contributed by atoms with van der Waals surface area (Å²) in [6.45, 7) is 3.22. The van der Waals surface area contributed by atoms with Crippen LogP contribution >= 0.6 is 0 Å². The number of nitrogens with zero attached hydrogens (tertiary/aromatic N) is 4. The molecule has 1 saturated carbocycles. The molecule has 2 fully saturated rings. The molecule has 10 heteroatoms. The van der Waals surface area contributed by atoms with Gasteiger partial charge in [0.15, 0.2) is 5.82 Å². The number of ether oxygens (including phenoxy) is 1. The third-order valence-corrected chi connectivity index (χ3v) is 6.54. The zero-order valence-corrected chi connectivity index (χ0v) is 18.0. The van der Waals surface area contributed by atoms with Crippen LogP contribution in [0.2, 0.25) is 0 Å². The van der Waals surface area contributed by atoms with Crippen molar-refractivity contribution in [2.45, 2.75) is 62.9 Å². The van der Waals surface area contributed by atoms with Gasteiger partial charge in [-0.15, -0.1) is 0 Å². The van der Waals surface area contributed by atoms with Gasteiger partial charge < -0.3 is 15.2 Å². The standard InChI is InChI=1S/C21H30N6O4/c1-21(6-9-31-10-7-21)27(20(29)30)16-4-3-14(11-16)17-13-18(24-23-17)22-19(28)12-15-5-8-26(2)25-15/h5,8,13-14,16H,3-4,6-7,9-12H2,1-2H3,(H,29,30)(H2,22,23,24,28). The van der Waals surface area contributed by atoms with Gasteiger partial charge in [-0.3, -0.25) is 19.5 Å². The maximum atomic E-state index is 12.3. The fraction of sp³-hybridized carbons (Fsp3) is 0.619. The Hall–Kier alpha value is -2.88. The van der Waals surface area contributed by atoms with Gasteiger partial charge in [0.05, 0.1) is 12.1 Å². The highest BCUT2D eigenvalue weighted by Crippen LogP contribution is 2.41. The summed E-state index contributed by atoms with van der Waals surface area (Å²) in [4.78, 5) is 26.0. The molecule has 0 radical (unpaired) electrons. The predicted molar refractivity (Wildman–Crippen MR) is 113 cm³/mol. The number of nitrogens with one attached hydrogen (secondary N) is 2. The van der Waals surface area contributed by atoms with Crippen molar-refractivity contribution in [3.8, 4) is 0 Å². The van der Waals surface area contributed by atoms with E-state index < -0.39 is 6.09 Å². The van der Waals surface area contributed by atoms with E-state index in [1.165, 1.54) is 0 Å². The molecule has 1 aliphatic heterocycles. The molecule has 3 heterocycles. The predicted octanol–water partition coefficient (Wildman–Crippen LogP) is 2.51. The molecular weight excluding hydrogens is 400 g/mol. The van der Waals surface area contributed by atoms with Crippen molar-refractivity contribution in [3.05, 3.63) is 29.7 Å². The van der Waals surface area contributed by atoms with Gasteiger partial charge in [-0.25, -0.2) is 4.79 Å². The minimum Gasteiger partial charge on any atom is -0.465 e. The average molecular weight is 431 g/mol. The number of aryl methyl sites for hydroxylation is 1. The van der Waals surface area contributed by atoms with E-state index in [1.807, 2.05) is 20.0 Å². The number of H-pyrrole nitrogens is 1. The number of aromatic amines is 1. The molecule has 4 rings (SSSR count). The summed E-state index contributed by atoms with van der Waals surface area (Å²) in [5.74, 6) is 0.487. The summed E-state index contributed by atoms with van der Waals surface area (Å²) in [6.07, 6.45) is 5.00. The Morgan fingerprint density at radius 3 is 2.84 bits per heavy atom. The molecule has 31 heavy (non-hydrogen) atoms. The number of anilines is 1. The van der Waals surface area contributed by atoms with Crippen LogP contribution in [0.1, 0.15) is 56.3 Å². The molecule has 1 saturated heterocycles. The van der Waals surface area contributed by atoms with Crippen LogP contribution < -0.4 is 5.32 Å². The fourth-order valence-electron chi connectivity index (χ4n) is 4.87. The van der Waals surface area contributed by atoms with Crippen molar-refractivity contribution in [1.29, 1.82) is 0 Å². The van der Waals surface area contributed by atoms with Crippen molar-refractivity contribution in [2.75, 3.05) is 18.5 Å². The van der Waals surface area contributed by atoms with Gasteiger partial charge in [0.1, 0.15) is 0 Å². The third kappa shape index (κ3) is 4.73. The Morgan fingerprint density at radius 2 is 2.16 bits per heavy atom. The second kappa shape index (κ2) is 8.70. The SMILES string of the molecule is Cn1ccc(CC(=O)Nc2cc(C3CCC(N(C(=O)O)C4(C)CCOCC4)C3)[nH]n2)n1. The summed E-state index contributed by atoms with van der Waals surface area (Å²) in [5, 5.41) is 24.2. The Bertz CT molecular complexity index is 932. The Morgan fingerprint density at radius 1 is 1.39 bits per heavy atom. The number of rotatable bonds is 6. The lowest BCUT2D eigenvalue weighted by Crippen LogP contribution is -2.56. The largest absolute Gasteiger partial charge is 0.465 e. The number of carbonyl (C=O) groups excluding carboxylic acids is 1. The van der Waals surface area contributed by atoms with Crippen molar-refractivity contribution in [2.24, 2.45) is 7.05 Å². The second-order valence-electron chi connectivity index (χ2n) is 8.84. The first-order valence-corrected chi connectivity index (χ1v) is 10.8. The molecule has 1 aliphatic carbocycles.